The second-order valence-electron chi connectivity index (χ2n) is 6.63. The molecule has 0 atom stereocenters. The summed E-state index contributed by atoms with van der Waals surface area (Å²) in [5, 5.41) is 3.97. The normalized spacial score (nSPS) is 14.9. The number of hydrogen-bond donors (Lipinski definition) is 1. The number of ether oxygens (including phenoxy) is 1. The quantitative estimate of drug-likeness (QED) is 0.451. The maximum Gasteiger partial charge on any atom is 0.338 e. The van der Waals surface area contributed by atoms with E-state index in [0.29, 0.717) is 30.2 Å². The van der Waals surface area contributed by atoms with E-state index >= 15 is 0 Å². The van der Waals surface area contributed by atoms with Gasteiger partial charge in [-0.1, -0.05) is 18.6 Å². The first-order chi connectivity index (χ1) is 13.7. The molecule has 148 valence electrons. The van der Waals surface area contributed by atoms with Gasteiger partial charge < -0.3 is 9.15 Å². The lowest BCUT2D eigenvalue weighted by molar-refractivity contribution is -0.122. The first-order valence-electron chi connectivity index (χ1n) is 9.57. The fraction of sp³-hybridized carbons (Fsp3) is 0.381. The van der Waals surface area contributed by atoms with E-state index in [4.69, 9.17) is 9.15 Å². The number of nitrogens with one attached hydrogen (secondary N) is 1. The topological polar surface area (TPSA) is 84.1 Å². The van der Waals surface area contributed by atoms with E-state index in [1.54, 1.807) is 37.3 Å². The van der Waals surface area contributed by atoms with E-state index in [1.165, 1.54) is 12.6 Å². The van der Waals surface area contributed by atoms with Crippen LogP contribution < -0.4 is 5.43 Å². The number of furan rings is 1. The van der Waals surface area contributed by atoms with Gasteiger partial charge in [-0.25, -0.2) is 10.2 Å². The molecule has 0 unspecified atom stereocenters. The van der Waals surface area contributed by atoms with Gasteiger partial charge in [-0.05, 0) is 57.1 Å². The number of carbonyl (C=O) groups is 2. The van der Waals surface area contributed by atoms with Gasteiger partial charge in [0.05, 0.1) is 24.9 Å². The van der Waals surface area contributed by atoms with E-state index in [1.807, 2.05) is 6.07 Å². The van der Waals surface area contributed by atoms with E-state index in [-0.39, 0.29) is 11.9 Å². The Hall–Kier alpha value is -2.93. The van der Waals surface area contributed by atoms with Crippen LogP contribution in [0.1, 0.15) is 42.3 Å². The molecule has 1 saturated heterocycles. The van der Waals surface area contributed by atoms with Crippen LogP contribution in [0, 0.1) is 0 Å². The molecular formula is C21H25N3O4. The Morgan fingerprint density at radius 2 is 1.89 bits per heavy atom. The van der Waals surface area contributed by atoms with Crippen molar-refractivity contribution in [3.05, 3.63) is 47.7 Å². The van der Waals surface area contributed by atoms with Crippen molar-refractivity contribution >= 4 is 18.1 Å². The van der Waals surface area contributed by atoms with Crippen LogP contribution in [-0.4, -0.2) is 49.2 Å². The average molecular weight is 383 g/mol. The number of piperidine rings is 1. The second kappa shape index (κ2) is 9.85. The zero-order valence-electron chi connectivity index (χ0n) is 16.0. The monoisotopic (exact) mass is 383 g/mol. The van der Waals surface area contributed by atoms with Crippen LogP contribution in [-0.2, 0) is 9.53 Å². The van der Waals surface area contributed by atoms with Crippen LogP contribution >= 0.6 is 0 Å². The molecule has 7 heteroatoms. The van der Waals surface area contributed by atoms with Crippen molar-refractivity contribution in [3.63, 3.8) is 0 Å². The summed E-state index contributed by atoms with van der Waals surface area (Å²) in [7, 11) is 0. The van der Waals surface area contributed by atoms with Crippen LogP contribution in [0.2, 0.25) is 0 Å². The Labute approximate surface area is 164 Å². The van der Waals surface area contributed by atoms with Crippen molar-refractivity contribution in [1.29, 1.82) is 0 Å². The molecule has 0 bridgehead atoms. The molecule has 2 heterocycles. The van der Waals surface area contributed by atoms with Gasteiger partial charge in [-0.2, -0.15) is 5.10 Å². The maximum atomic E-state index is 11.9. The maximum absolute atomic E-state index is 11.9. The summed E-state index contributed by atoms with van der Waals surface area (Å²) < 4.78 is 10.7. The van der Waals surface area contributed by atoms with Gasteiger partial charge in [0.15, 0.2) is 0 Å². The summed E-state index contributed by atoms with van der Waals surface area (Å²) in [6, 6.07) is 10.6. The Balaban J connectivity index is 1.52. The molecule has 3 rings (SSSR count). The number of carbonyl (C=O) groups excluding carboxylic acids is 2. The Kier molecular flexibility index (Phi) is 6.97. The zero-order chi connectivity index (χ0) is 19.8. The molecule has 1 aliphatic heterocycles. The van der Waals surface area contributed by atoms with Gasteiger partial charge in [0, 0.05) is 5.56 Å². The van der Waals surface area contributed by atoms with Crippen LogP contribution in [0.25, 0.3) is 11.3 Å². The molecule has 2 aromatic rings. The van der Waals surface area contributed by atoms with Crippen molar-refractivity contribution in [2.24, 2.45) is 5.10 Å². The fourth-order valence-electron chi connectivity index (χ4n) is 3.09. The number of benzene rings is 1. The molecule has 1 amide bonds. The lowest BCUT2D eigenvalue weighted by atomic mass is 10.1. The number of rotatable bonds is 7. The molecule has 28 heavy (non-hydrogen) atoms. The third kappa shape index (κ3) is 5.53. The average Bonchev–Trinajstić information content (AvgIpc) is 3.18. The molecule has 1 fully saturated rings. The minimum Gasteiger partial charge on any atom is -0.462 e. The molecule has 0 aliphatic carbocycles. The molecule has 0 spiro atoms. The van der Waals surface area contributed by atoms with Crippen molar-refractivity contribution < 1.29 is 18.7 Å². The van der Waals surface area contributed by atoms with Crippen LogP contribution in [0.3, 0.4) is 0 Å². The second-order valence-corrected chi connectivity index (χ2v) is 6.63. The summed E-state index contributed by atoms with van der Waals surface area (Å²) in [5.74, 6) is 0.709. The predicted molar refractivity (Wildman–Crippen MR) is 106 cm³/mol. The summed E-state index contributed by atoms with van der Waals surface area (Å²) in [6.45, 7) is 4.42. The van der Waals surface area contributed by atoms with Gasteiger partial charge in [0.2, 0.25) is 0 Å². The molecule has 1 N–H and O–H groups in total. The summed E-state index contributed by atoms with van der Waals surface area (Å²) in [4.78, 5) is 25.8. The fourth-order valence-corrected chi connectivity index (χ4v) is 3.09. The number of likely N-dealkylation sites (tertiary alicyclic amines) is 1. The van der Waals surface area contributed by atoms with Gasteiger partial charge in [0.25, 0.3) is 5.91 Å². The number of amides is 1. The number of esters is 1. The smallest absolute Gasteiger partial charge is 0.338 e. The van der Waals surface area contributed by atoms with E-state index in [0.717, 1.165) is 31.5 Å². The minimum atomic E-state index is -0.346. The largest absolute Gasteiger partial charge is 0.462 e. The summed E-state index contributed by atoms with van der Waals surface area (Å²) >= 11 is 0. The molecule has 1 aromatic heterocycles. The molecular weight excluding hydrogens is 358 g/mol. The Bertz CT molecular complexity index is 820. The highest BCUT2D eigenvalue weighted by molar-refractivity contribution is 5.90. The lowest BCUT2D eigenvalue weighted by Gasteiger charge is -2.25. The van der Waals surface area contributed by atoms with Crippen molar-refractivity contribution in [1.82, 2.24) is 10.3 Å². The van der Waals surface area contributed by atoms with Crippen LogP contribution in [0.4, 0.5) is 0 Å². The molecule has 1 aromatic carbocycles. The zero-order valence-corrected chi connectivity index (χ0v) is 16.0. The number of nitrogens with zero attached hydrogens (tertiary/aromatic N) is 2. The van der Waals surface area contributed by atoms with E-state index < -0.39 is 0 Å². The van der Waals surface area contributed by atoms with Gasteiger partial charge in [-0.3, -0.25) is 9.69 Å². The molecule has 0 radical (unpaired) electrons. The third-order valence-electron chi connectivity index (χ3n) is 4.50. The molecule has 1 aliphatic rings. The highest BCUT2D eigenvalue weighted by Crippen LogP contribution is 2.22. The van der Waals surface area contributed by atoms with Crippen molar-refractivity contribution in [3.8, 4) is 11.3 Å². The van der Waals surface area contributed by atoms with Gasteiger partial charge in [0.1, 0.15) is 11.5 Å². The van der Waals surface area contributed by atoms with E-state index in [2.05, 4.69) is 15.4 Å². The van der Waals surface area contributed by atoms with Crippen molar-refractivity contribution in [2.45, 2.75) is 26.2 Å². The van der Waals surface area contributed by atoms with Gasteiger partial charge >= 0.3 is 5.97 Å². The third-order valence-corrected chi connectivity index (χ3v) is 4.50. The number of hydrogen-bond acceptors (Lipinski definition) is 6. The standard InChI is InChI=1S/C21H25N3O4/c1-2-27-21(26)17-8-6-16(7-9-17)19-11-10-18(28-19)14-22-23-20(25)15-24-12-4-3-5-13-24/h6-11,14H,2-5,12-13,15H2,1H3,(H,23,25). The SMILES string of the molecule is CCOC(=O)c1ccc(-c2ccc(C=NNC(=O)CN3CCCCC3)o2)cc1. The lowest BCUT2D eigenvalue weighted by Crippen LogP contribution is -2.38. The summed E-state index contributed by atoms with van der Waals surface area (Å²) in [5.41, 5.74) is 3.87. The summed E-state index contributed by atoms with van der Waals surface area (Å²) in [6.07, 6.45) is 5.01. The number of hydrazone groups is 1. The van der Waals surface area contributed by atoms with Crippen LogP contribution in [0.5, 0.6) is 0 Å². The van der Waals surface area contributed by atoms with Gasteiger partial charge in [-0.15, -0.1) is 0 Å². The van der Waals surface area contributed by atoms with E-state index in [9.17, 15) is 9.59 Å². The molecule has 7 nitrogen and oxygen atoms in total. The minimum absolute atomic E-state index is 0.125. The Morgan fingerprint density at radius 3 is 2.61 bits per heavy atom. The predicted octanol–water partition coefficient (Wildman–Crippen LogP) is 3.06. The highest BCUT2D eigenvalue weighted by Gasteiger charge is 2.13. The Morgan fingerprint density at radius 1 is 1.14 bits per heavy atom. The highest BCUT2D eigenvalue weighted by atomic mass is 16.5. The van der Waals surface area contributed by atoms with Crippen molar-refractivity contribution in [2.75, 3.05) is 26.2 Å². The molecule has 0 saturated carbocycles. The van der Waals surface area contributed by atoms with Crippen LogP contribution in [0.15, 0.2) is 45.9 Å². The first-order valence-corrected chi connectivity index (χ1v) is 9.57. The first kappa shape index (κ1) is 19.8.